The van der Waals surface area contributed by atoms with Crippen LogP contribution in [0.1, 0.15) is 19.4 Å². The summed E-state index contributed by atoms with van der Waals surface area (Å²) in [5.41, 5.74) is 3.44. The molecule has 0 aliphatic heterocycles. The molecule has 33 heavy (non-hydrogen) atoms. The molecule has 0 saturated heterocycles. The average Bonchev–Trinajstić information content (AvgIpc) is 3.39. The molecule has 0 saturated carbocycles. The summed E-state index contributed by atoms with van der Waals surface area (Å²) < 4.78 is 45.7. The van der Waals surface area contributed by atoms with Crippen molar-refractivity contribution in [1.29, 1.82) is 0 Å². The van der Waals surface area contributed by atoms with E-state index in [1.54, 1.807) is 24.4 Å². The average molecular weight is 615 g/mol. The van der Waals surface area contributed by atoms with Crippen molar-refractivity contribution in [2.24, 2.45) is 0 Å². The fourth-order valence-corrected chi connectivity index (χ4v) is 3.73. The van der Waals surface area contributed by atoms with E-state index < -0.39 is 13.7 Å². The minimum Gasteiger partial charge on any atom is -0.507 e. The number of rotatable bonds is 1. The Kier molecular flexibility index (Phi) is 4.66. The molecule has 5 heteroatoms. The maximum Gasteiger partial charge on any atom is 0.148 e. The van der Waals surface area contributed by atoms with E-state index in [1.165, 1.54) is 24.4 Å². The molecule has 6 aromatic rings. The van der Waals surface area contributed by atoms with Crippen LogP contribution in [-0.2, 0) is 20.1 Å². The molecule has 0 amide bonds. The molecule has 0 fully saturated rings. The van der Waals surface area contributed by atoms with Gasteiger partial charge in [0.1, 0.15) is 11.4 Å². The Bertz CT molecular complexity index is 1690. The van der Waals surface area contributed by atoms with Crippen LogP contribution in [0.25, 0.3) is 38.6 Å². The van der Waals surface area contributed by atoms with Crippen molar-refractivity contribution in [3.05, 3.63) is 109 Å². The van der Waals surface area contributed by atoms with Gasteiger partial charge in [0.2, 0.25) is 0 Å². The quantitative estimate of drug-likeness (QED) is 0.170. The zero-order chi connectivity index (χ0) is 27.1. The number of para-hydroxylation sites is 1. The van der Waals surface area contributed by atoms with Crippen LogP contribution in [0.15, 0.2) is 91.4 Å². The number of hydrogen-bond acceptors (Lipinski definition) is 3. The van der Waals surface area contributed by atoms with E-state index >= 15 is 0 Å². The summed E-state index contributed by atoms with van der Waals surface area (Å²) >= 11 is 0. The Morgan fingerprint density at radius 3 is 2.45 bits per heavy atom. The minimum absolute atomic E-state index is 0. The molecule has 0 aliphatic rings. The molecular formula is C28H22IrN3O-. The fourth-order valence-electron chi connectivity index (χ4n) is 3.73. The molecule has 0 bridgehead atoms. The van der Waals surface area contributed by atoms with Gasteiger partial charge in [-0.2, -0.15) is 0 Å². The molecule has 0 aliphatic carbocycles. The van der Waals surface area contributed by atoms with Gasteiger partial charge in [-0.3, -0.25) is 4.40 Å². The Morgan fingerprint density at radius 1 is 0.879 bits per heavy atom. The summed E-state index contributed by atoms with van der Waals surface area (Å²) in [6.07, 6.45) is 4.98. The van der Waals surface area contributed by atoms with Crippen LogP contribution >= 0.6 is 0 Å². The summed E-state index contributed by atoms with van der Waals surface area (Å²) in [6.45, 7) is -4.34. The molecule has 1 radical (unpaired) electrons. The number of pyridine rings is 2. The predicted octanol–water partition coefficient (Wildman–Crippen LogP) is 6.51. The summed E-state index contributed by atoms with van der Waals surface area (Å²) in [4.78, 5) is 8.44. The Balaban J connectivity index is 0.000000177. The molecular weight excluding hydrogens is 587 g/mol. The molecule has 0 spiro atoms. The first-order chi connectivity index (χ1) is 18.0. The number of phenolic OH excluding ortho intramolecular Hbond substituents is 1. The number of aryl methyl sites for hydroxylation is 2. The topological polar surface area (TPSA) is 50.4 Å². The van der Waals surface area contributed by atoms with Crippen molar-refractivity contribution >= 4 is 27.3 Å². The summed E-state index contributed by atoms with van der Waals surface area (Å²) in [5, 5.41) is 13.1. The van der Waals surface area contributed by atoms with Crippen molar-refractivity contribution in [2.45, 2.75) is 13.7 Å². The number of aromatic hydroxyl groups is 1. The number of benzene rings is 3. The number of imidazole rings is 1. The SMILES string of the molecule is Oc1cccc2c3ccccc3n3ccnc3c12.[2H]C([2H])([2H])c1c[c-]c(-c2ccc(C([2H])([2H])[2H])cn2)cc1.[Ir]. The smallest absolute Gasteiger partial charge is 0.148 e. The van der Waals surface area contributed by atoms with Gasteiger partial charge in [-0.15, -0.1) is 35.4 Å². The van der Waals surface area contributed by atoms with E-state index in [-0.39, 0.29) is 37.0 Å². The summed E-state index contributed by atoms with van der Waals surface area (Å²) in [6, 6.07) is 24.2. The van der Waals surface area contributed by atoms with Crippen LogP contribution < -0.4 is 0 Å². The van der Waals surface area contributed by atoms with Crippen LogP contribution in [0.2, 0.25) is 0 Å². The first-order valence-corrected chi connectivity index (χ1v) is 9.98. The number of phenols is 1. The monoisotopic (exact) mass is 615 g/mol. The number of hydrogen-bond donors (Lipinski definition) is 1. The summed E-state index contributed by atoms with van der Waals surface area (Å²) in [7, 11) is 0. The van der Waals surface area contributed by atoms with E-state index in [2.05, 4.69) is 28.2 Å². The minimum atomic E-state index is -2.18. The standard InChI is InChI=1S/C15H10N2O.C13H12N.Ir/c18-13-7-3-5-11-10-4-1-2-6-12(10)17-9-8-16-15(17)14(11)13;1-10-3-6-12(7-4-10)13-8-5-11(2)9-14-13;/h1-9,18H;3-6,8-9H,1-2H3;/q;-1;/i;1D3,2D3;. The van der Waals surface area contributed by atoms with Crippen molar-refractivity contribution in [3.8, 4) is 17.0 Å². The van der Waals surface area contributed by atoms with Crippen molar-refractivity contribution in [3.63, 3.8) is 0 Å². The number of nitrogens with zero attached hydrogens (tertiary/aromatic N) is 3. The maximum absolute atomic E-state index is 10.1. The van der Waals surface area contributed by atoms with E-state index in [9.17, 15) is 5.11 Å². The second-order valence-corrected chi connectivity index (χ2v) is 7.26. The zero-order valence-corrected chi connectivity index (χ0v) is 19.7. The Morgan fingerprint density at radius 2 is 1.70 bits per heavy atom. The van der Waals surface area contributed by atoms with Gasteiger partial charge in [0, 0.05) is 52.3 Å². The van der Waals surface area contributed by atoms with Crippen molar-refractivity contribution < 1.29 is 33.4 Å². The van der Waals surface area contributed by atoms with Gasteiger partial charge in [-0.1, -0.05) is 49.3 Å². The van der Waals surface area contributed by atoms with Gasteiger partial charge < -0.3 is 10.1 Å². The molecule has 3 heterocycles. The van der Waals surface area contributed by atoms with E-state index in [0.29, 0.717) is 11.3 Å². The normalized spacial score (nSPS) is 14.1. The van der Waals surface area contributed by atoms with Gasteiger partial charge in [-0.25, -0.2) is 4.98 Å². The van der Waals surface area contributed by atoms with E-state index in [4.69, 9.17) is 8.22 Å². The van der Waals surface area contributed by atoms with Crippen LogP contribution in [-0.4, -0.2) is 19.5 Å². The van der Waals surface area contributed by atoms with E-state index in [0.717, 1.165) is 27.3 Å². The van der Waals surface area contributed by atoms with Crippen LogP contribution in [0.4, 0.5) is 0 Å². The first kappa shape index (κ1) is 16.1. The van der Waals surface area contributed by atoms with Crippen LogP contribution in [0, 0.1) is 19.8 Å². The summed E-state index contributed by atoms with van der Waals surface area (Å²) in [5.74, 6) is 0.273. The molecule has 165 valence electrons. The molecule has 4 nitrogen and oxygen atoms in total. The first-order valence-electron chi connectivity index (χ1n) is 13.0. The van der Waals surface area contributed by atoms with E-state index in [1.807, 2.05) is 34.9 Å². The van der Waals surface area contributed by atoms with Gasteiger partial charge in [0.05, 0.1) is 10.9 Å². The molecule has 0 atom stereocenters. The van der Waals surface area contributed by atoms with Crippen molar-refractivity contribution in [1.82, 2.24) is 14.4 Å². The molecule has 3 aromatic heterocycles. The van der Waals surface area contributed by atoms with Gasteiger partial charge >= 0.3 is 0 Å². The third-order valence-corrected chi connectivity index (χ3v) is 5.21. The molecule has 0 unspecified atom stereocenters. The second-order valence-electron chi connectivity index (χ2n) is 7.26. The zero-order valence-electron chi connectivity index (χ0n) is 23.3. The Labute approximate surface area is 214 Å². The number of aromatic nitrogens is 3. The molecule has 3 aromatic carbocycles. The predicted molar refractivity (Wildman–Crippen MR) is 130 cm³/mol. The fraction of sp³-hybridized carbons (Fsp3) is 0.0714. The van der Waals surface area contributed by atoms with Gasteiger partial charge in [-0.05, 0) is 35.6 Å². The number of fused-ring (bicyclic) bond motifs is 6. The van der Waals surface area contributed by atoms with Crippen LogP contribution in [0.5, 0.6) is 5.75 Å². The second kappa shape index (κ2) is 9.53. The molecule has 6 rings (SSSR count). The third kappa shape index (κ3) is 4.38. The van der Waals surface area contributed by atoms with Gasteiger partial charge in [0.25, 0.3) is 0 Å². The Hall–Kier alpha value is -3.53. The molecule has 1 N–H and O–H groups in total. The maximum atomic E-state index is 10.1. The third-order valence-electron chi connectivity index (χ3n) is 5.21. The van der Waals surface area contributed by atoms with Crippen molar-refractivity contribution in [2.75, 3.05) is 0 Å². The largest absolute Gasteiger partial charge is 0.507 e. The van der Waals surface area contributed by atoms with Crippen LogP contribution in [0.3, 0.4) is 0 Å². The van der Waals surface area contributed by atoms with Gasteiger partial charge in [0.15, 0.2) is 0 Å².